The van der Waals surface area contributed by atoms with Crippen molar-refractivity contribution in [2.45, 2.75) is 72.9 Å². The molecule has 0 amide bonds. The third-order valence-corrected chi connectivity index (χ3v) is 15.3. The second kappa shape index (κ2) is 8.51. The molecule has 0 aromatic carbocycles. The van der Waals surface area contributed by atoms with Crippen LogP contribution in [0.5, 0.6) is 0 Å². The van der Waals surface area contributed by atoms with Crippen molar-refractivity contribution in [1.82, 2.24) is 14.8 Å². The molecular formula is C16H27N3O6Sn. The average molecular weight is 476 g/mol. The monoisotopic (exact) mass is 477 g/mol. The van der Waals surface area contributed by atoms with Gasteiger partial charge in [0.25, 0.3) is 0 Å². The number of hydrogen-bond acceptors (Lipinski definition) is 7. The first-order valence-corrected chi connectivity index (χ1v) is 15.7. The number of aliphatic hydroxyl groups is 1. The zero-order valence-corrected chi connectivity index (χ0v) is 18.1. The van der Waals surface area contributed by atoms with Crippen molar-refractivity contribution in [3.05, 3.63) is 27.0 Å². The Balaban J connectivity index is 1.89. The quantitative estimate of drug-likeness (QED) is 0.530. The Hall–Kier alpha value is -0.751. The predicted molar refractivity (Wildman–Crippen MR) is 95.0 cm³/mol. The Morgan fingerprint density at radius 1 is 1.19 bits per heavy atom. The van der Waals surface area contributed by atoms with Gasteiger partial charge in [0.2, 0.25) is 0 Å². The van der Waals surface area contributed by atoms with Gasteiger partial charge in [-0.15, -0.1) is 0 Å². The van der Waals surface area contributed by atoms with E-state index in [2.05, 4.69) is 23.9 Å². The summed E-state index contributed by atoms with van der Waals surface area (Å²) in [6.45, 7) is 4.06. The number of aliphatic hydroxyl groups excluding tert-OH is 1. The first-order valence-electron chi connectivity index (χ1n) is 9.33. The van der Waals surface area contributed by atoms with Gasteiger partial charge in [-0.05, 0) is 0 Å². The Bertz CT molecular complexity index is 714. The Kier molecular flexibility index (Phi) is 6.54. The van der Waals surface area contributed by atoms with E-state index >= 15 is 0 Å². The van der Waals surface area contributed by atoms with E-state index in [4.69, 9.17) is 10.9 Å². The molecule has 2 saturated heterocycles. The number of rotatable bonds is 8. The normalized spacial score (nSPS) is 29.8. The number of hydrogen-bond donors (Lipinski definition) is 2. The molecule has 0 aliphatic carbocycles. The van der Waals surface area contributed by atoms with E-state index < -0.39 is 55.0 Å². The summed E-state index contributed by atoms with van der Waals surface area (Å²) in [5, 5.41) is 13.6. The minimum atomic E-state index is -3.31. The van der Waals surface area contributed by atoms with Crippen LogP contribution in [-0.2, 0) is 10.9 Å². The van der Waals surface area contributed by atoms with Crippen LogP contribution in [0.4, 0.5) is 0 Å². The van der Waals surface area contributed by atoms with Crippen molar-refractivity contribution < 1.29 is 16.0 Å². The first-order chi connectivity index (χ1) is 12.5. The van der Waals surface area contributed by atoms with Gasteiger partial charge in [0, 0.05) is 0 Å². The number of aromatic amines is 1. The number of unbranched alkanes of at least 4 members (excludes halogenated alkanes) is 2. The molecule has 10 heteroatoms. The van der Waals surface area contributed by atoms with Crippen molar-refractivity contribution >= 4 is 19.2 Å². The summed E-state index contributed by atoms with van der Waals surface area (Å²) in [7, 11) is 0. The van der Waals surface area contributed by atoms with Crippen molar-refractivity contribution in [2.24, 2.45) is 0 Å². The van der Waals surface area contributed by atoms with Gasteiger partial charge in [-0.3, -0.25) is 0 Å². The molecule has 146 valence electrons. The summed E-state index contributed by atoms with van der Waals surface area (Å²) in [6.07, 6.45) is 3.02. The van der Waals surface area contributed by atoms with Crippen LogP contribution in [0, 0.1) is 0 Å². The zero-order valence-electron chi connectivity index (χ0n) is 15.2. The van der Waals surface area contributed by atoms with Crippen molar-refractivity contribution in [3.8, 4) is 0 Å². The SMILES string of the molecule is CCC[CH2][Sn]1([CH2]CCC)[O]C2C(CO)OC(n3ncc(=O)[nH]c3=O)C2[O]1. The molecule has 3 heterocycles. The number of nitrogens with one attached hydrogen (secondary N) is 1. The van der Waals surface area contributed by atoms with E-state index in [0.29, 0.717) is 0 Å². The van der Waals surface area contributed by atoms with Crippen LogP contribution in [0.3, 0.4) is 0 Å². The third kappa shape index (κ3) is 3.91. The second-order valence-corrected chi connectivity index (χ2v) is 16.3. The molecule has 9 nitrogen and oxygen atoms in total. The standard InChI is InChI=1S/C8H9N3O6.2C4H9.Sn/c12-2-3-5(14)6(15)7(17-3)11-8(16)10-4(13)1-9-11;2*1-3-4-2;/h1,3,5-7,12H,2H2,(H,10,13,16);2*1,3-4H2,2H3;/q-2;;;+2. The van der Waals surface area contributed by atoms with E-state index in [0.717, 1.165) is 45.4 Å². The van der Waals surface area contributed by atoms with Gasteiger partial charge in [-0.1, -0.05) is 0 Å². The number of nitrogens with zero attached hydrogens (tertiary/aromatic N) is 2. The molecule has 4 unspecified atom stereocenters. The molecule has 0 bridgehead atoms. The van der Waals surface area contributed by atoms with Crippen LogP contribution >= 0.6 is 0 Å². The van der Waals surface area contributed by atoms with Gasteiger partial charge in [-0.2, -0.15) is 0 Å². The average Bonchev–Trinajstić information content (AvgIpc) is 3.14. The fourth-order valence-corrected chi connectivity index (χ4v) is 15.3. The summed E-state index contributed by atoms with van der Waals surface area (Å²) in [6, 6.07) is 0. The molecule has 2 N–H and O–H groups in total. The van der Waals surface area contributed by atoms with E-state index in [1.54, 1.807) is 0 Å². The van der Waals surface area contributed by atoms with Crippen molar-refractivity contribution in [2.75, 3.05) is 6.61 Å². The molecule has 4 atom stereocenters. The first kappa shape index (κ1) is 20.0. The number of H-pyrrole nitrogens is 1. The van der Waals surface area contributed by atoms with E-state index in [9.17, 15) is 14.7 Å². The number of ether oxygens (including phenoxy) is 1. The molecular weight excluding hydrogens is 449 g/mol. The molecule has 2 aliphatic rings. The van der Waals surface area contributed by atoms with E-state index in [-0.39, 0.29) is 6.61 Å². The van der Waals surface area contributed by atoms with Gasteiger partial charge in [-0.25, -0.2) is 0 Å². The molecule has 1 aromatic rings. The topological polar surface area (TPSA) is 116 Å². The van der Waals surface area contributed by atoms with Gasteiger partial charge >= 0.3 is 157 Å². The summed E-state index contributed by atoms with van der Waals surface area (Å²) < 4.78 is 21.8. The van der Waals surface area contributed by atoms with Crippen LogP contribution < -0.4 is 11.2 Å². The summed E-state index contributed by atoms with van der Waals surface area (Å²) in [4.78, 5) is 25.6. The van der Waals surface area contributed by atoms with Crippen LogP contribution in [0.25, 0.3) is 0 Å². The Morgan fingerprint density at radius 2 is 1.85 bits per heavy atom. The molecule has 3 rings (SSSR count). The molecule has 2 aliphatic heterocycles. The summed E-state index contributed by atoms with van der Waals surface area (Å²) in [5.41, 5.74) is -1.22. The van der Waals surface area contributed by atoms with E-state index in [1.807, 2.05) is 0 Å². The van der Waals surface area contributed by atoms with Gasteiger partial charge < -0.3 is 0 Å². The fraction of sp³-hybridized carbons (Fsp3) is 0.812. The Morgan fingerprint density at radius 3 is 2.42 bits per heavy atom. The molecule has 0 spiro atoms. The van der Waals surface area contributed by atoms with Crippen LogP contribution in [0.2, 0.25) is 8.87 Å². The summed E-state index contributed by atoms with van der Waals surface area (Å²) in [5.74, 6) is 0. The molecule has 26 heavy (non-hydrogen) atoms. The van der Waals surface area contributed by atoms with Crippen LogP contribution in [-0.4, -0.2) is 64.0 Å². The third-order valence-electron chi connectivity index (χ3n) is 4.97. The van der Waals surface area contributed by atoms with Gasteiger partial charge in [0.05, 0.1) is 0 Å². The van der Waals surface area contributed by atoms with Crippen LogP contribution in [0.1, 0.15) is 45.8 Å². The maximum absolute atomic E-state index is 12.1. The molecule has 1 aromatic heterocycles. The second-order valence-electron chi connectivity index (χ2n) is 6.91. The number of fused-ring (bicyclic) bond motifs is 1. The molecule has 0 radical (unpaired) electrons. The molecule has 2 fully saturated rings. The van der Waals surface area contributed by atoms with Crippen LogP contribution in [0.15, 0.2) is 15.8 Å². The number of aromatic nitrogens is 3. The zero-order chi connectivity index (χ0) is 18.7. The maximum atomic E-state index is 12.1. The van der Waals surface area contributed by atoms with Crippen molar-refractivity contribution in [3.63, 3.8) is 0 Å². The Labute approximate surface area is 156 Å². The fourth-order valence-electron chi connectivity index (χ4n) is 3.64. The molecule has 0 saturated carbocycles. The van der Waals surface area contributed by atoms with Gasteiger partial charge in [0.15, 0.2) is 0 Å². The van der Waals surface area contributed by atoms with Crippen molar-refractivity contribution in [1.29, 1.82) is 0 Å². The van der Waals surface area contributed by atoms with E-state index in [1.165, 1.54) is 0 Å². The minimum absolute atomic E-state index is 0.220. The summed E-state index contributed by atoms with van der Waals surface area (Å²) >= 11 is -3.31. The van der Waals surface area contributed by atoms with Gasteiger partial charge in [0.1, 0.15) is 0 Å². The predicted octanol–water partition coefficient (Wildman–Crippen LogP) is 0.648.